The number of carbonyl (C=O) groups excluding carboxylic acids is 2. The number of hydrogen-bond acceptors (Lipinski definition) is 7. The second kappa shape index (κ2) is 8.44. The van der Waals surface area contributed by atoms with Gasteiger partial charge in [-0.25, -0.2) is 9.97 Å². The van der Waals surface area contributed by atoms with Gasteiger partial charge in [0.1, 0.15) is 16.1 Å². The van der Waals surface area contributed by atoms with E-state index in [1.165, 1.54) is 0 Å². The van der Waals surface area contributed by atoms with Crippen molar-refractivity contribution in [3.8, 4) is 5.75 Å². The number of amides is 2. The molecular formula is C20H21N5O3S. The Hall–Kier alpha value is -3.20. The Kier molecular flexibility index (Phi) is 5.57. The predicted octanol–water partition coefficient (Wildman–Crippen LogP) is 1.45. The highest BCUT2D eigenvalue weighted by molar-refractivity contribution is 7.21. The molecule has 2 N–H and O–H groups in total. The van der Waals surface area contributed by atoms with Gasteiger partial charge in [-0.3, -0.25) is 9.59 Å². The fourth-order valence-corrected chi connectivity index (χ4v) is 4.14. The number of hydrogen-bond donors (Lipinski definition) is 1. The topological polar surface area (TPSA) is 102 Å². The summed E-state index contributed by atoms with van der Waals surface area (Å²) in [5, 5.41) is 0.943. The molecule has 8 nitrogen and oxygen atoms in total. The normalized spacial score (nSPS) is 14.2. The van der Waals surface area contributed by atoms with Gasteiger partial charge in [-0.2, -0.15) is 0 Å². The second-order valence-electron chi connectivity index (χ2n) is 6.77. The third kappa shape index (κ3) is 4.62. The van der Waals surface area contributed by atoms with Gasteiger partial charge in [0.05, 0.1) is 6.42 Å². The van der Waals surface area contributed by atoms with Crippen LogP contribution < -0.4 is 15.4 Å². The van der Waals surface area contributed by atoms with Crippen LogP contribution in [0.15, 0.2) is 42.6 Å². The van der Waals surface area contributed by atoms with Crippen LogP contribution in [0, 0.1) is 0 Å². The number of pyridine rings is 1. The Morgan fingerprint density at radius 3 is 2.55 bits per heavy atom. The molecule has 1 aromatic carbocycles. The van der Waals surface area contributed by atoms with Crippen LogP contribution in [-0.4, -0.2) is 59.5 Å². The van der Waals surface area contributed by atoms with Gasteiger partial charge in [0.15, 0.2) is 11.7 Å². The molecule has 9 heteroatoms. The van der Waals surface area contributed by atoms with E-state index in [0.717, 1.165) is 34.1 Å². The number of ether oxygens (including phenoxy) is 1. The summed E-state index contributed by atoms with van der Waals surface area (Å²) >= 11 is 1.57. The van der Waals surface area contributed by atoms with E-state index in [2.05, 4.69) is 14.9 Å². The monoisotopic (exact) mass is 411 g/mol. The van der Waals surface area contributed by atoms with Crippen molar-refractivity contribution >= 4 is 38.6 Å². The van der Waals surface area contributed by atoms with Gasteiger partial charge < -0.3 is 20.3 Å². The minimum absolute atomic E-state index is 0.0137. The van der Waals surface area contributed by atoms with Gasteiger partial charge in [0.2, 0.25) is 5.91 Å². The maximum Gasteiger partial charge on any atom is 0.260 e. The average Bonchev–Trinajstić information content (AvgIpc) is 3.17. The van der Waals surface area contributed by atoms with Crippen molar-refractivity contribution < 1.29 is 14.3 Å². The summed E-state index contributed by atoms with van der Waals surface area (Å²) in [5.41, 5.74) is 6.90. The molecule has 4 rings (SSSR count). The maximum absolute atomic E-state index is 12.5. The van der Waals surface area contributed by atoms with Crippen molar-refractivity contribution in [2.24, 2.45) is 5.73 Å². The molecule has 2 amide bonds. The van der Waals surface area contributed by atoms with Gasteiger partial charge in [0, 0.05) is 32.4 Å². The van der Waals surface area contributed by atoms with Gasteiger partial charge >= 0.3 is 0 Å². The number of carbonyl (C=O) groups is 2. The first-order chi connectivity index (χ1) is 14.1. The highest BCUT2D eigenvalue weighted by atomic mass is 32.1. The van der Waals surface area contributed by atoms with E-state index in [9.17, 15) is 9.59 Å². The van der Waals surface area contributed by atoms with Crippen LogP contribution in [0.3, 0.4) is 0 Å². The number of thiazole rings is 1. The molecule has 0 aliphatic carbocycles. The lowest BCUT2D eigenvalue weighted by atomic mass is 10.1. The Morgan fingerprint density at radius 2 is 1.86 bits per heavy atom. The largest absolute Gasteiger partial charge is 0.484 e. The number of fused-ring (bicyclic) bond motifs is 1. The van der Waals surface area contributed by atoms with Crippen molar-refractivity contribution in [1.82, 2.24) is 14.9 Å². The number of nitrogens with two attached hydrogens (primary N) is 1. The molecule has 150 valence electrons. The SMILES string of the molecule is NC(=O)Cc1ccc(OCC(=O)N2CCN(c3nc4cccnc4s3)CC2)cc1. The molecule has 1 aliphatic heterocycles. The first-order valence-electron chi connectivity index (χ1n) is 9.33. The van der Waals surface area contributed by atoms with E-state index in [0.29, 0.717) is 18.8 Å². The van der Waals surface area contributed by atoms with Crippen molar-refractivity contribution in [2.45, 2.75) is 6.42 Å². The van der Waals surface area contributed by atoms with Crippen LogP contribution in [0.5, 0.6) is 5.75 Å². The van der Waals surface area contributed by atoms with Crippen molar-refractivity contribution in [3.63, 3.8) is 0 Å². The summed E-state index contributed by atoms with van der Waals surface area (Å²) in [6, 6.07) is 10.9. The maximum atomic E-state index is 12.5. The molecule has 1 aliphatic rings. The van der Waals surface area contributed by atoms with Crippen molar-refractivity contribution in [1.29, 1.82) is 0 Å². The molecule has 1 fully saturated rings. The Labute approximate surface area is 171 Å². The van der Waals surface area contributed by atoms with E-state index in [1.807, 2.05) is 17.0 Å². The first-order valence-corrected chi connectivity index (χ1v) is 10.1. The summed E-state index contributed by atoms with van der Waals surface area (Å²) in [6.45, 7) is 2.70. The van der Waals surface area contributed by atoms with Crippen LogP contribution in [-0.2, 0) is 16.0 Å². The number of piperazine rings is 1. The lowest BCUT2D eigenvalue weighted by molar-refractivity contribution is -0.133. The molecule has 0 saturated carbocycles. The van der Waals surface area contributed by atoms with Gasteiger partial charge in [0.25, 0.3) is 5.91 Å². The average molecular weight is 411 g/mol. The first kappa shape index (κ1) is 19.1. The minimum Gasteiger partial charge on any atom is -0.484 e. The van der Waals surface area contributed by atoms with Crippen molar-refractivity contribution in [2.75, 3.05) is 37.7 Å². The van der Waals surface area contributed by atoms with E-state index in [1.54, 1.807) is 41.8 Å². The Bertz CT molecular complexity index is 979. The molecule has 1 saturated heterocycles. The van der Waals surface area contributed by atoms with Crippen LogP contribution >= 0.6 is 11.3 Å². The zero-order valence-electron chi connectivity index (χ0n) is 15.8. The fourth-order valence-electron chi connectivity index (χ4n) is 3.18. The Balaban J connectivity index is 1.27. The molecule has 0 atom stereocenters. The summed E-state index contributed by atoms with van der Waals surface area (Å²) in [7, 11) is 0. The Morgan fingerprint density at radius 1 is 1.10 bits per heavy atom. The molecule has 0 radical (unpaired) electrons. The molecule has 2 aromatic heterocycles. The third-order valence-corrected chi connectivity index (χ3v) is 5.76. The number of anilines is 1. The molecule has 0 bridgehead atoms. The van der Waals surface area contributed by atoms with Gasteiger partial charge in [-0.15, -0.1) is 0 Å². The molecule has 0 unspecified atom stereocenters. The standard InChI is InChI=1S/C20H21N5O3S/c21-17(26)12-14-3-5-15(6-4-14)28-13-18(27)24-8-10-25(11-9-24)20-23-16-2-1-7-22-19(16)29-20/h1-7H,8-13H2,(H2,21,26). The van der Waals surface area contributed by atoms with E-state index in [4.69, 9.17) is 10.5 Å². The summed E-state index contributed by atoms with van der Waals surface area (Å²) < 4.78 is 5.59. The van der Waals surface area contributed by atoms with E-state index in [-0.39, 0.29) is 24.8 Å². The second-order valence-corrected chi connectivity index (χ2v) is 7.72. The summed E-state index contributed by atoms with van der Waals surface area (Å²) in [5.74, 6) is 0.166. The zero-order valence-corrected chi connectivity index (χ0v) is 16.6. The van der Waals surface area contributed by atoms with Crippen LogP contribution in [0.25, 0.3) is 10.3 Å². The van der Waals surface area contributed by atoms with E-state index >= 15 is 0 Å². The molecular weight excluding hydrogens is 390 g/mol. The van der Waals surface area contributed by atoms with Crippen LogP contribution in [0.4, 0.5) is 5.13 Å². The fraction of sp³-hybridized carbons (Fsp3) is 0.300. The van der Waals surface area contributed by atoms with Crippen LogP contribution in [0.2, 0.25) is 0 Å². The lowest BCUT2D eigenvalue weighted by Gasteiger charge is -2.34. The number of benzene rings is 1. The quantitative estimate of drug-likeness (QED) is 0.659. The molecule has 29 heavy (non-hydrogen) atoms. The molecule has 3 aromatic rings. The smallest absolute Gasteiger partial charge is 0.260 e. The molecule has 3 heterocycles. The number of aromatic nitrogens is 2. The predicted molar refractivity (Wildman–Crippen MR) is 111 cm³/mol. The van der Waals surface area contributed by atoms with E-state index < -0.39 is 0 Å². The van der Waals surface area contributed by atoms with Crippen LogP contribution in [0.1, 0.15) is 5.56 Å². The zero-order chi connectivity index (χ0) is 20.2. The van der Waals surface area contributed by atoms with Gasteiger partial charge in [-0.05, 0) is 29.8 Å². The minimum atomic E-state index is -0.380. The number of nitrogens with zero attached hydrogens (tertiary/aromatic N) is 4. The van der Waals surface area contributed by atoms with Crippen molar-refractivity contribution in [3.05, 3.63) is 48.2 Å². The number of primary amides is 1. The summed E-state index contributed by atoms with van der Waals surface area (Å²) in [4.78, 5) is 37.3. The number of rotatable bonds is 6. The lowest BCUT2D eigenvalue weighted by Crippen LogP contribution is -2.50. The highest BCUT2D eigenvalue weighted by Gasteiger charge is 2.23. The van der Waals surface area contributed by atoms with Gasteiger partial charge in [-0.1, -0.05) is 23.5 Å². The molecule has 0 spiro atoms. The highest BCUT2D eigenvalue weighted by Crippen LogP contribution is 2.27. The summed E-state index contributed by atoms with van der Waals surface area (Å²) in [6.07, 6.45) is 1.96. The third-order valence-electron chi connectivity index (χ3n) is 4.72.